The van der Waals surface area contributed by atoms with E-state index in [1.165, 1.54) is 13.3 Å². The standard InChI is InChI=1S/C20H17N5O4/c1-29-10-17(26)23-9-11-6-15(23)18-19(27)25(20(28)24(11)18)16-8-22-14(7-21)12-4-2-3-5-13(12)16/h2-5,8,11,15,18H,6,9-10H2,1H3/t11-,15-,18-/m0/s1. The second kappa shape index (κ2) is 6.25. The van der Waals surface area contributed by atoms with Crippen molar-refractivity contribution >= 4 is 34.3 Å². The van der Waals surface area contributed by atoms with Gasteiger partial charge in [0.05, 0.1) is 24.0 Å². The first-order chi connectivity index (χ1) is 14.1. The van der Waals surface area contributed by atoms with Crippen LogP contribution in [-0.4, -0.2) is 71.0 Å². The topological polar surface area (TPSA) is 107 Å². The Morgan fingerprint density at radius 2 is 2.07 bits per heavy atom. The van der Waals surface area contributed by atoms with Crippen LogP contribution < -0.4 is 4.90 Å². The van der Waals surface area contributed by atoms with Crippen molar-refractivity contribution < 1.29 is 19.1 Å². The molecule has 9 nitrogen and oxygen atoms in total. The number of benzene rings is 1. The number of anilines is 1. The Morgan fingerprint density at radius 1 is 1.31 bits per heavy atom. The molecule has 2 aromatic rings. The summed E-state index contributed by atoms with van der Waals surface area (Å²) < 4.78 is 4.94. The quantitative estimate of drug-likeness (QED) is 0.719. The summed E-state index contributed by atoms with van der Waals surface area (Å²) in [6.45, 7) is 0.356. The molecule has 1 aromatic carbocycles. The van der Waals surface area contributed by atoms with Crippen LogP contribution in [0.25, 0.3) is 10.8 Å². The van der Waals surface area contributed by atoms with Crippen molar-refractivity contribution in [2.75, 3.05) is 25.2 Å². The van der Waals surface area contributed by atoms with Gasteiger partial charge in [-0.15, -0.1) is 0 Å². The Morgan fingerprint density at radius 3 is 2.79 bits per heavy atom. The molecule has 5 rings (SSSR count). The summed E-state index contributed by atoms with van der Waals surface area (Å²) >= 11 is 0. The number of methoxy groups -OCH3 is 1. The zero-order valence-electron chi connectivity index (χ0n) is 15.6. The Bertz CT molecular complexity index is 1110. The number of pyridine rings is 1. The zero-order valence-corrected chi connectivity index (χ0v) is 15.6. The highest BCUT2D eigenvalue weighted by Gasteiger charge is 2.63. The van der Waals surface area contributed by atoms with Gasteiger partial charge in [0.15, 0.2) is 0 Å². The highest BCUT2D eigenvalue weighted by molar-refractivity contribution is 6.25. The number of ether oxygens (including phenoxy) is 1. The van der Waals surface area contributed by atoms with Gasteiger partial charge in [-0.25, -0.2) is 14.7 Å². The second-order valence-corrected chi connectivity index (χ2v) is 7.39. The van der Waals surface area contributed by atoms with Gasteiger partial charge in [-0.05, 0) is 6.42 Å². The molecule has 9 heteroatoms. The monoisotopic (exact) mass is 391 g/mol. The SMILES string of the molecule is COCC(=O)N1C[C@@H]2C[C@H]1[C@H]1C(=O)N(c3cnc(C#N)c4ccccc34)C(=O)N21. The first-order valence-corrected chi connectivity index (χ1v) is 9.29. The molecule has 0 N–H and O–H groups in total. The van der Waals surface area contributed by atoms with Crippen molar-refractivity contribution in [3.05, 3.63) is 36.2 Å². The van der Waals surface area contributed by atoms with E-state index in [-0.39, 0.29) is 36.2 Å². The Hall–Kier alpha value is -3.51. The third-order valence-electron chi connectivity index (χ3n) is 5.97. The van der Waals surface area contributed by atoms with Crippen LogP contribution in [0.4, 0.5) is 10.5 Å². The van der Waals surface area contributed by atoms with E-state index < -0.39 is 12.1 Å². The molecule has 3 aliphatic rings. The van der Waals surface area contributed by atoms with Crippen LogP contribution in [0.1, 0.15) is 12.1 Å². The average Bonchev–Trinajstić information content (AvgIpc) is 3.39. The van der Waals surface area contributed by atoms with Gasteiger partial charge in [0, 0.05) is 24.4 Å². The molecule has 0 radical (unpaired) electrons. The van der Waals surface area contributed by atoms with E-state index in [9.17, 15) is 19.6 Å². The lowest BCUT2D eigenvalue weighted by molar-refractivity contribution is -0.139. The van der Waals surface area contributed by atoms with Gasteiger partial charge in [0.1, 0.15) is 24.4 Å². The minimum absolute atomic E-state index is 0.0496. The molecule has 2 bridgehead atoms. The van der Waals surface area contributed by atoms with Crippen LogP contribution in [0.2, 0.25) is 0 Å². The van der Waals surface area contributed by atoms with Crippen LogP contribution >= 0.6 is 0 Å². The van der Waals surface area contributed by atoms with Crippen molar-refractivity contribution in [3.63, 3.8) is 0 Å². The fraction of sp³-hybridized carbons (Fsp3) is 0.350. The normalized spacial score (nSPS) is 25.1. The second-order valence-electron chi connectivity index (χ2n) is 7.39. The van der Waals surface area contributed by atoms with Crippen molar-refractivity contribution in [1.82, 2.24) is 14.8 Å². The van der Waals surface area contributed by atoms with E-state index in [0.717, 1.165) is 4.90 Å². The molecular weight excluding hydrogens is 374 g/mol. The lowest BCUT2D eigenvalue weighted by Gasteiger charge is -2.34. The Labute approximate surface area is 166 Å². The zero-order chi connectivity index (χ0) is 20.3. The molecule has 1 aromatic heterocycles. The fourth-order valence-electron chi connectivity index (χ4n) is 4.82. The summed E-state index contributed by atoms with van der Waals surface area (Å²) in [5, 5.41) is 10.5. The highest BCUT2D eigenvalue weighted by atomic mass is 16.5. The van der Waals surface area contributed by atoms with Gasteiger partial charge in [-0.1, -0.05) is 24.3 Å². The molecule has 3 saturated heterocycles. The average molecular weight is 391 g/mol. The first-order valence-electron chi connectivity index (χ1n) is 9.29. The molecule has 29 heavy (non-hydrogen) atoms. The number of nitriles is 1. The van der Waals surface area contributed by atoms with E-state index in [1.54, 1.807) is 34.1 Å². The predicted molar refractivity (Wildman–Crippen MR) is 101 cm³/mol. The van der Waals surface area contributed by atoms with Crippen LogP contribution in [0.5, 0.6) is 0 Å². The molecule has 4 heterocycles. The van der Waals surface area contributed by atoms with Gasteiger partial charge in [0.2, 0.25) is 5.91 Å². The Kier molecular flexibility index (Phi) is 3.79. The molecule has 3 fully saturated rings. The predicted octanol–water partition coefficient (Wildman–Crippen LogP) is 0.873. The maximum atomic E-state index is 13.3. The molecule has 3 atom stereocenters. The lowest BCUT2D eigenvalue weighted by atomic mass is 10.1. The van der Waals surface area contributed by atoms with Gasteiger partial charge >= 0.3 is 6.03 Å². The molecule has 0 aliphatic carbocycles. The highest BCUT2D eigenvalue weighted by Crippen LogP contribution is 2.43. The summed E-state index contributed by atoms with van der Waals surface area (Å²) in [6.07, 6.45) is 1.99. The number of likely N-dealkylation sites (tertiary alicyclic amines) is 1. The molecule has 0 saturated carbocycles. The van der Waals surface area contributed by atoms with Crippen molar-refractivity contribution in [1.29, 1.82) is 5.26 Å². The lowest BCUT2D eigenvalue weighted by Crippen LogP contribution is -2.55. The summed E-state index contributed by atoms with van der Waals surface area (Å²) in [5.41, 5.74) is 0.596. The number of piperazine rings is 1. The number of nitrogens with zero attached hydrogens (tertiary/aromatic N) is 5. The fourth-order valence-corrected chi connectivity index (χ4v) is 4.82. The number of aromatic nitrogens is 1. The summed E-state index contributed by atoms with van der Waals surface area (Å²) in [4.78, 5) is 47.4. The summed E-state index contributed by atoms with van der Waals surface area (Å²) in [7, 11) is 1.45. The first kappa shape index (κ1) is 17.6. The van der Waals surface area contributed by atoms with E-state index in [4.69, 9.17) is 4.74 Å². The van der Waals surface area contributed by atoms with Crippen LogP contribution in [-0.2, 0) is 14.3 Å². The molecule has 4 amide bonds. The number of carbonyl (C=O) groups is 3. The van der Waals surface area contributed by atoms with Crippen LogP contribution in [0.15, 0.2) is 30.5 Å². The third-order valence-corrected chi connectivity index (χ3v) is 5.97. The third kappa shape index (κ3) is 2.29. The van der Waals surface area contributed by atoms with Crippen molar-refractivity contribution in [2.45, 2.75) is 24.5 Å². The van der Waals surface area contributed by atoms with E-state index in [0.29, 0.717) is 29.4 Å². The molecule has 3 aliphatic heterocycles. The van der Waals surface area contributed by atoms with Crippen molar-refractivity contribution in [2.24, 2.45) is 0 Å². The number of amides is 4. The number of urea groups is 1. The molecule has 146 valence electrons. The summed E-state index contributed by atoms with van der Waals surface area (Å²) in [6, 6.07) is 7.47. The van der Waals surface area contributed by atoms with E-state index >= 15 is 0 Å². The minimum Gasteiger partial charge on any atom is -0.375 e. The number of imide groups is 1. The summed E-state index contributed by atoms with van der Waals surface area (Å²) in [5.74, 6) is -0.544. The van der Waals surface area contributed by atoms with Gasteiger partial charge in [0.25, 0.3) is 5.91 Å². The smallest absolute Gasteiger partial charge is 0.332 e. The number of rotatable bonds is 3. The maximum Gasteiger partial charge on any atom is 0.332 e. The largest absolute Gasteiger partial charge is 0.375 e. The van der Waals surface area contributed by atoms with Gasteiger partial charge in [-0.3, -0.25) is 9.59 Å². The van der Waals surface area contributed by atoms with E-state index in [2.05, 4.69) is 4.98 Å². The van der Waals surface area contributed by atoms with Crippen molar-refractivity contribution in [3.8, 4) is 6.07 Å². The molecular formula is C20H17N5O4. The minimum atomic E-state index is -0.698. The van der Waals surface area contributed by atoms with E-state index in [1.807, 2.05) is 6.07 Å². The number of hydrogen-bond donors (Lipinski definition) is 0. The number of fused-ring (bicyclic) bond motifs is 6. The number of carbonyl (C=O) groups excluding carboxylic acids is 3. The van der Waals surface area contributed by atoms with Gasteiger partial charge in [-0.2, -0.15) is 5.26 Å². The van der Waals surface area contributed by atoms with Crippen LogP contribution in [0, 0.1) is 11.3 Å². The number of hydrogen-bond acceptors (Lipinski definition) is 6. The maximum absolute atomic E-state index is 13.3. The molecule has 0 unspecified atom stereocenters. The van der Waals surface area contributed by atoms with Gasteiger partial charge < -0.3 is 14.5 Å². The Balaban J connectivity index is 1.55. The van der Waals surface area contributed by atoms with Crippen LogP contribution in [0.3, 0.4) is 0 Å². The molecule has 0 spiro atoms.